The summed E-state index contributed by atoms with van der Waals surface area (Å²) in [5.74, 6) is 0.924. The van der Waals surface area contributed by atoms with Gasteiger partial charge in [0.15, 0.2) is 9.84 Å². The quantitative estimate of drug-likeness (QED) is 0.610. The zero-order valence-corrected chi connectivity index (χ0v) is 12.0. The predicted octanol–water partition coefficient (Wildman–Crippen LogP) is 3.26. The molecule has 0 aliphatic carbocycles. The number of nitrogen functional groups attached to an aromatic ring is 1. The summed E-state index contributed by atoms with van der Waals surface area (Å²) < 4.78 is 24.0. The van der Waals surface area contributed by atoms with E-state index in [0.29, 0.717) is 16.5 Å². The summed E-state index contributed by atoms with van der Waals surface area (Å²) in [6.45, 7) is 4.37. The lowest BCUT2D eigenvalue weighted by Gasteiger charge is -2.06. The van der Waals surface area contributed by atoms with Crippen LogP contribution in [0.1, 0.15) is 39.5 Å². The first-order valence-electron chi connectivity index (χ1n) is 6.50. The Balaban J connectivity index is 2.43. The Morgan fingerprint density at radius 3 is 2.22 bits per heavy atom. The smallest absolute Gasteiger partial charge is 0.178 e. The average molecular weight is 269 g/mol. The predicted molar refractivity (Wildman–Crippen MR) is 76.2 cm³/mol. The normalized spacial score (nSPS) is 11.9. The van der Waals surface area contributed by atoms with Gasteiger partial charge in [0.1, 0.15) is 0 Å². The summed E-state index contributed by atoms with van der Waals surface area (Å²) in [6.07, 6.45) is 3.99. The van der Waals surface area contributed by atoms with Gasteiger partial charge in [0.25, 0.3) is 0 Å². The molecule has 0 bridgehead atoms. The number of anilines is 1. The van der Waals surface area contributed by atoms with Crippen molar-refractivity contribution < 1.29 is 8.42 Å². The van der Waals surface area contributed by atoms with Crippen molar-refractivity contribution >= 4 is 15.5 Å². The molecule has 0 amide bonds. The molecule has 0 saturated carbocycles. The Morgan fingerprint density at radius 2 is 1.67 bits per heavy atom. The summed E-state index contributed by atoms with van der Waals surface area (Å²) in [5, 5.41) is 0. The lowest BCUT2D eigenvalue weighted by Crippen LogP contribution is -2.07. The third kappa shape index (κ3) is 5.08. The van der Waals surface area contributed by atoms with Crippen molar-refractivity contribution in [2.45, 2.75) is 44.4 Å². The highest BCUT2D eigenvalue weighted by Crippen LogP contribution is 2.16. The number of nitrogens with two attached hydrogens (primary N) is 1. The Kier molecular flexibility index (Phi) is 5.66. The molecule has 0 heterocycles. The summed E-state index contributed by atoms with van der Waals surface area (Å²) in [7, 11) is -3.13. The molecule has 0 aromatic heterocycles. The van der Waals surface area contributed by atoms with E-state index in [-0.39, 0.29) is 5.75 Å². The number of hydrogen-bond donors (Lipinski definition) is 1. The summed E-state index contributed by atoms with van der Waals surface area (Å²) in [4.78, 5) is 0.376. The van der Waals surface area contributed by atoms with Crippen molar-refractivity contribution in [1.29, 1.82) is 0 Å². The van der Waals surface area contributed by atoms with Gasteiger partial charge in [-0.2, -0.15) is 0 Å². The van der Waals surface area contributed by atoms with Gasteiger partial charge in [-0.05, 0) is 36.6 Å². The molecular formula is C14H23NO2S. The van der Waals surface area contributed by atoms with Crippen LogP contribution >= 0.6 is 0 Å². The number of sulfone groups is 1. The molecule has 4 heteroatoms. The minimum Gasteiger partial charge on any atom is -0.399 e. The first-order valence-corrected chi connectivity index (χ1v) is 8.15. The second-order valence-corrected chi connectivity index (χ2v) is 7.24. The van der Waals surface area contributed by atoms with Crippen LogP contribution in [-0.4, -0.2) is 14.2 Å². The first-order chi connectivity index (χ1) is 8.42. The van der Waals surface area contributed by atoms with Crippen LogP contribution in [0.25, 0.3) is 0 Å². The molecule has 1 rings (SSSR count). The van der Waals surface area contributed by atoms with Crippen molar-refractivity contribution in [2.75, 3.05) is 11.5 Å². The van der Waals surface area contributed by atoms with Crippen LogP contribution in [0.4, 0.5) is 5.69 Å². The molecule has 3 nitrogen and oxygen atoms in total. The van der Waals surface area contributed by atoms with Gasteiger partial charge in [-0.3, -0.25) is 0 Å². The van der Waals surface area contributed by atoms with E-state index >= 15 is 0 Å². The fourth-order valence-electron chi connectivity index (χ4n) is 1.81. The van der Waals surface area contributed by atoms with Crippen LogP contribution in [0, 0.1) is 5.92 Å². The third-order valence-electron chi connectivity index (χ3n) is 2.93. The van der Waals surface area contributed by atoms with Gasteiger partial charge in [-0.25, -0.2) is 8.42 Å². The maximum absolute atomic E-state index is 12.0. The van der Waals surface area contributed by atoms with E-state index in [9.17, 15) is 8.42 Å². The van der Waals surface area contributed by atoms with Crippen molar-refractivity contribution in [3.63, 3.8) is 0 Å². The fourth-order valence-corrected chi connectivity index (χ4v) is 3.19. The molecule has 0 aliphatic heterocycles. The van der Waals surface area contributed by atoms with E-state index in [1.807, 2.05) is 0 Å². The molecule has 1 aromatic carbocycles. The molecule has 0 unspecified atom stereocenters. The van der Waals surface area contributed by atoms with Crippen LogP contribution in [0.2, 0.25) is 0 Å². The Bertz CT molecular complexity index is 449. The summed E-state index contributed by atoms with van der Waals surface area (Å²) in [6, 6.07) is 6.43. The highest BCUT2D eigenvalue weighted by Gasteiger charge is 2.13. The molecule has 0 atom stereocenters. The molecule has 0 saturated heterocycles. The Hall–Kier alpha value is -1.03. The zero-order chi connectivity index (χ0) is 13.6. The maximum Gasteiger partial charge on any atom is 0.178 e. The van der Waals surface area contributed by atoms with Crippen LogP contribution in [0.5, 0.6) is 0 Å². The van der Waals surface area contributed by atoms with Crippen LogP contribution in [0.15, 0.2) is 29.2 Å². The topological polar surface area (TPSA) is 60.2 Å². The number of rotatable bonds is 7. The van der Waals surface area contributed by atoms with Gasteiger partial charge in [-0.1, -0.05) is 33.1 Å². The first kappa shape index (κ1) is 15.0. The number of benzene rings is 1. The number of hydrogen-bond acceptors (Lipinski definition) is 3. The molecule has 18 heavy (non-hydrogen) atoms. The van der Waals surface area contributed by atoms with E-state index in [4.69, 9.17) is 5.73 Å². The van der Waals surface area contributed by atoms with E-state index in [0.717, 1.165) is 19.3 Å². The second-order valence-electron chi connectivity index (χ2n) is 5.13. The lowest BCUT2D eigenvalue weighted by molar-refractivity contribution is 0.532. The fraction of sp³-hybridized carbons (Fsp3) is 0.571. The van der Waals surface area contributed by atoms with Crippen molar-refractivity contribution in [3.8, 4) is 0 Å². The monoisotopic (exact) mass is 269 g/mol. The molecule has 1 aromatic rings. The van der Waals surface area contributed by atoms with E-state index in [1.165, 1.54) is 6.42 Å². The Labute approximate surface area is 110 Å². The standard InChI is InChI=1S/C14H23NO2S/c1-12(2)6-4-3-5-11-18(16,17)14-9-7-13(15)8-10-14/h7-10,12H,3-6,11,15H2,1-2H3. The lowest BCUT2D eigenvalue weighted by atomic mass is 10.1. The molecular weight excluding hydrogens is 246 g/mol. The zero-order valence-electron chi connectivity index (χ0n) is 11.2. The molecule has 102 valence electrons. The minimum atomic E-state index is -3.13. The molecule has 0 spiro atoms. The SMILES string of the molecule is CC(C)CCCCCS(=O)(=O)c1ccc(N)cc1. The summed E-state index contributed by atoms with van der Waals surface area (Å²) in [5.41, 5.74) is 6.13. The van der Waals surface area contributed by atoms with Crippen molar-refractivity contribution in [1.82, 2.24) is 0 Å². The van der Waals surface area contributed by atoms with Gasteiger partial charge < -0.3 is 5.73 Å². The van der Waals surface area contributed by atoms with Gasteiger partial charge >= 0.3 is 0 Å². The van der Waals surface area contributed by atoms with Crippen LogP contribution < -0.4 is 5.73 Å². The van der Waals surface area contributed by atoms with Crippen molar-refractivity contribution in [3.05, 3.63) is 24.3 Å². The molecule has 0 fully saturated rings. The highest BCUT2D eigenvalue weighted by atomic mass is 32.2. The average Bonchev–Trinajstić information content (AvgIpc) is 2.28. The van der Waals surface area contributed by atoms with Gasteiger partial charge in [-0.15, -0.1) is 0 Å². The van der Waals surface area contributed by atoms with E-state index in [1.54, 1.807) is 24.3 Å². The molecule has 2 N–H and O–H groups in total. The molecule has 0 aliphatic rings. The van der Waals surface area contributed by atoms with E-state index in [2.05, 4.69) is 13.8 Å². The second kappa shape index (κ2) is 6.78. The van der Waals surface area contributed by atoms with Crippen molar-refractivity contribution in [2.24, 2.45) is 5.92 Å². The van der Waals surface area contributed by atoms with Gasteiger partial charge in [0.2, 0.25) is 0 Å². The highest BCUT2D eigenvalue weighted by molar-refractivity contribution is 7.91. The van der Waals surface area contributed by atoms with E-state index < -0.39 is 9.84 Å². The van der Waals surface area contributed by atoms with Gasteiger partial charge in [0, 0.05) is 5.69 Å². The van der Waals surface area contributed by atoms with Crippen LogP contribution in [0.3, 0.4) is 0 Å². The third-order valence-corrected chi connectivity index (χ3v) is 4.75. The number of unbranched alkanes of at least 4 members (excludes halogenated alkanes) is 2. The van der Waals surface area contributed by atoms with Crippen LogP contribution in [-0.2, 0) is 9.84 Å². The maximum atomic E-state index is 12.0. The molecule has 0 radical (unpaired) electrons. The summed E-state index contributed by atoms with van der Waals surface area (Å²) >= 11 is 0. The minimum absolute atomic E-state index is 0.231. The Morgan fingerprint density at radius 1 is 1.06 bits per heavy atom. The largest absolute Gasteiger partial charge is 0.399 e. The van der Waals surface area contributed by atoms with Gasteiger partial charge in [0.05, 0.1) is 10.6 Å².